The molecule has 0 aliphatic rings. The molecular formula is C19H16F2N10OS. The van der Waals surface area contributed by atoms with Crippen LogP contribution in [0, 0.1) is 6.92 Å². The van der Waals surface area contributed by atoms with Crippen LogP contribution in [0.5, 0.6) is 0 Å². The standard InChI is InChI=1S/C19H16F2N10OS/c1-9-3-4-14(33-9)13-6-22-17-12(31-18(15(20)21)27-28-29-31)5-11(7-30(13)17)19(32)25-10(2)16-23-8-24-26-16/h3-8,10,15H,1-2H3,(H,25,32)(H,23,24,26). The van der Waals surface area contributed by atoms with Gasteiger partial charge < -0.3 is 5.32 Å². The Morgan fingerprint density at radius 1 is 1.27 bits per heavy atom. The predicted octanol–water partition coefficient (Wildman–Crippen LogP) is 2.89. The number of tetrazole rings is 1. The van der Waals surface area contributed by atoms with E-state index in [9.17, 15) is 13.6 Å². The quantitative estimate of drug-likeness (QED) is 0.390. The number of aryl methyl sites for hydroxylation is 1. The molecule has 33 heavy (non-hydrogen) atoms. The highest BCUT2D eigenvalue weighted by atomic mass is 32.1. The van der Waals surface area contributed by atoms with E-state index in [-0.39, 0.29) is 11.3 Å². The molecule has 0 aliphatic carbocycles. The number of aromatic nitrogens is 9. The fourth-order valence-corrected chi connectivity index (χ4v) is 4.25. The minimum atomic E-state index is -2.92. The van der Waals surface area contributed by atoms with Crippen molar-refractivity contribution in [2.45, 2.75) is 26.3 Å². The number of H-pyrrole nitrogens is 1. The Hall–Kier alpha value is -4.07. The van der Waals surface area contributed by atoms with Gasteiger partial charge in [-0.25, -0.2) is 18.7 Å². The number of carbonyl (C=O) groups is 1. The molecule has 1 unspecified atom stereocenters. The van der Waals surface area contributed by atoms with Gasteiger partial charge in [-0.3, -0.25) is 14.3 Å². The van der Waals surface area contributed by atoms with Crippen molar-refractivity contribution < 1.29 is 13.6 Å². The molecule has 0 spiro atoms. The van der Waals surface area contributed by atoms with E-state index < -0.39 is 24.2 Å². The van der Waals surface area contributed by atoms with Crippen LogP contribution in [0.15, 0.2) is 36.9 Å². The van der Waals surface area contributed by atoms with Crippen molar-refractivity contribution >= 4 is 22.9 Å². The number of fused-ring (bicyclic) bond motifs is 1. The first kappa shape index (κ1) is 20.8. The molecule has 14 heteroatoms. The van der Waals surface area contributed by atoms with Crippen molar-refractivity contribution in [3.63, 3.8) is 0 Å². The van der Waals surface area contributed by atoms with Crippen LogP contribution in [0.4, 0.5) is 8.78 Å². The summed E-state index contributed by atoms with van der Waals surface area (Å²) in [5.74, 6) is -0.626. The molecule has 1 amide bonds. The molecule has 5 heterocycles. The summed E-state index contributed by atoms with van der Waals surface area (Å²) in [5, 5.41) is 19.8. The fraction of sp³-hybridized carbons (Fsp3) is 0.211. The molecule has 1 atom stereocenters. The Balaban J connectivity index is 1.66. The van der Waals surface area contributed by atoms with Gasteiger partial charge in [0, 0.05) is 11.1 Å². The number of halogens is 2. The zero-order valence-electron chi connectivity index (χ0n) is 17.3. The van der Waals surface area contributed by atoms with E-state index in [1.165, 1.54) is 12.4 Å². The van der Waals surface area contributed by atoms with Gasteiger partial charge in [0.1, 0.15) is 17.8 Å². The zero-order chi connectivity index (χ0) is 23.1. The molecule has 0 bridgehead atoms. The van der Waals surface area contributed by atoms with Crippen molar-refractivity contribution in [2.24, 2.45) is 0 Å². The summed E-state index contributed by atoms with van der Waals surface area (Å²) >= 11 is 1.55. The normalized spacial score (nSPS) is 12.5. The highest BCUT2D eigenvalue weighted by molar-refractivity contribution is 7.15. The Bertz CT molecular complexity index is 1440. The summed E-state index contributed by atoms with van der Waals surface area (Å²) in [6.07, 6.45) is 1.64. The predicted molar refractivity (Wildman–Crippen MR) is 113 cm³/mol. The third-order valence-electron chi connectivity index (χ3n) is 4.95. The number of alkyl halides is 2. The largest absolute Gasteiger partial charge is 0.342 e. The fourth-order valence-electron chi connectivity index (χ4n) is 3.38. The molecule has 5 aromatic rings. The third-order valence-corrected chi connectivity index (χ3v) is 5.97. The lowest BCUT2D eigenvalue weighted by Gasteiger charge is -2.13. The number of nitrogens with zero attached hydrogens (tertiary/aromatic N) is 8. The second-order valence-corrected chi connectivity index (χ2v) is 8.46. The topological polar surface area (TPSA) is 132 Å². The molecule has 0 fully saturated rings. The third kappa shape index (κ3) is 3.73. The molecule has 0 radical (unpaired) electrons. The maximum Gasteiger partial charge on any atom is 0.299 e. The first-order chi connectivity index (χ1) is 15.9. The first-order valence-corrected chi connectivity index (χ1v) is 10.5. The van der Waals surface area contributed by atoms with E-state index >= 15 is 0 Å². The molecular weight excluding hydrogens is 454 g/mol. The van der Waals surface area contributed by atoms with Gasteiger partial charge in [-0.15, -0.1) is 16.4 Å². The van der Waals surface area contributed by atoms with E-state index in [1.807, 2.05) is 19.1 Å². The van der Waals surface area contributed by atoms with Crippen LogP contribution in [0.3, 0.4) is 0 Å². The van der Waals surface area contributed by atoms with Gasteiger partial charge in [0.15, 0.2) is 5.65 Å². The van der Waals surface area contributed by atoms with Crippen molar-refractivity contribution in [2.75, 3.05) is 0 Å². The average molecular weight is 470 g/mol. The number of aromatic amines is 1. The number of rotatable bonds is 6. The number of hydrogen-bond donors (Lipinski definition) is 2. The zero-order valence-corrected chi connectivity index (χ0v) is 18.1. The second kappa shape index (κ2) is 8.12. The summed E-state index contributed by atoms with van der Waals surface area (Å²) < 4.78 is 29.6. The smallest absolute Gasteiger partial charge is 0.299 e. The lowest BCUT2D eigenvalue weighted by molar-refractivity contribution is 0.0938. The Morgan fingerprint density at radius 2 is 2.12 bits per heavy atom. The SMILES string of the molecule is Cc1ccc(-c2cnc3c(-n4nnnc4C(F)F)cc(C(=O)NC(C)c4ncn[nH]4)cn23)s1. The number of hydrogen-bond acceptors (Lipinski definition) is 8. The monoisotopic (exact) mass is 470 g/mol. The van der Waals surface area contributed by atoms with Crippen LogP contribution < -0.4 is 5.32 Å². The Kier molecular flexibility index (Phi) is 5.12. The highest BCUT2D eigenvalue weighted by Crippen LogP contribution is 2.31. The molecule has 0 aliphatic heterocycles. The van der Waals surface area contributed by atoms with Crippen molar-refractivity contribution in [3.8, 4) is 16.3 Å². The number of carbonyl (C=O) groups excluding carboxylic acids is 1. The number of amides is 1. The van der Waals surface area contributed by atoms with Crippen LogP contribution in [-0.4, -0.2) is 50.7 Å². The van der Waals surface area contributed by atoms with Crippen molar-refractivity contribution in [1.82, 2.24) is 50.1 Å². The average Bonchev–Trinajstić information content (AvgIpc) is 3.59. The van der Waals surface area contributed by atoms with Gasteiger partial charge in [0.25, 0.3) is 12.3 Å². The molecule has 168 valence electrons. The maximum atomic E-state index is 13.5. The minimum absolute atomic E-state index is 0.148. The maximum absolute atomic E-state index is 13.5. The Morgan fingerprint density at radius 3 is 2.82 bits per heavy atom. The number of nitrogens with one attached hydrogen (secondary N) is 2. The molecule has 0 saturated heterocycles. The summed E-state index contributed by atoms with van der Waals surface area (Å²) in [6.45, 7) is 3.72. The van der Waals surface area contributed by atoms with Gasteiger partial charge in [-0.1, -0.05) is 0 Å². The molecule has 0 saturated carbocycles. The summed E-state index contributed by atoms with van der Waals surface area (Å²) in [4.78, 5) is 23.6. The van der Waals surface area contributed by atoms with E-state index in [0.717, 1.165) is 14.4 Å². The van der Waals surface area contributed by atoms with E-state index in [1.54, 1.807) is 35.1 Å². The van der Waals surface area contributed by atoms with Gasteiger partial charge in [0.05, 0.1) is 28.4 Å². The van der Waals surface area contributed by atoms with E-state index in [4.69, 9.17) is 0 Å². The summed E-state index contributed by atoms with van der Waals surface area (Å²) in [7, 11) is 0. The van der Waals surface area contributed by atoms with Gasteiger partial charge in [-0.2, -0.15) is 9.78 Å². The number of pyridine rings is 1. The van der Waals surface area contributed by atoms with Crippen LogP contribution in [-0.2, 0) is 0 Å². The van der Waals surface area contributed by atoms with Crippen molar-refractivity contribution in [3.05, 3.63) is 59.0 Å². The van der Waals surface area contributed by atoms with Crippen LogP contribution in [0.2, 0.25) is 0 Å². The van der Waals surface area contributed by atoms with Crippen LogP contribution >= 0.6 is 11.3 Å². The summed E-state index contributed by atoms with van der Waals surface area (Å²) in [5.41, 5.74) is 1.38. The Labute approximate surface area is 188 Å². The lowest BCUT2D eigenvalue weighted by atomic mass is 10.2. The minimum Gasteiger partial charge on any atom is -0.342 e. The number of thiophene rings is 1. The molecule has 5 aromatic heterocycles. The van der Waals surface area contributed by atoms with E-state index in [2.05, 4.69) is 41.0 Å². The number of imidazole rings is 1. The molecule has 11 nitrogen and oxygen atoms in total. The molecule has 5 rings (SSSR count). The van der Waals surface area contributed by atoms with Gasteiger partial charge in [-0.05, 0) is 42.5 Å². The second-order valence-electron chi connectivity index (χ2n) is 7.18. The van der Waals surface area contributed by atoms with Gasteiger partial charge in [0.2, 0.25) is 5.82 Å². The van der Waals surface area contributed by atoms with Crippen molar-refractivity contribution in [1.29, 1.82) is 0 Å². The molecule has 2 N–H and O–H groups in total. The lowest BCUT2D eigenvalue weighted by Crippen LogP contribution is -2.28. The molecule has 0 aromatic carbocycles. The van der Waals surface area contributed by atoms with E-state index in [0.29, 0.717) is 17.2 Å². The summed E-state index contributed by atoms with van der Waals surface area (Å²) in [6, 6.07) is 4.86. The first-order valence-electron chi connectivity index (χ1n) is 9.73. The van der Waals surface area contributed by atoms with Crippen LogP contribution in [0.1, 0.15) is 46.3 Å². The van der Waals surface area contributed by atoms with Crippen LogP contribution in [0.25, 0.3) is 21.9 Å². The highest BCUT2D eigenvalue weighted by Gasteiger charge is 2.24. The van der Waals surface area contributed by atoms with Gasteiger partial charge >= 0.3 is 0 Å².